The highest BCUT2D eigenvalue weighted by molar-refractivity contribution is 5.76. The number of rotatable bonds is 3. The van der Waals surface area contributed by atoms with Gasteiger partial charge in [0.2, 0.25) is 5.91 Å². The van der Waals surface area contributed by atoms with Crippen LogP contribution in [0, 0.1) is 0 Å². The molecule has 1 aliphatic heterocycles. The minimum Gasteiger partial charge on any atom is -0.337 e. The van der Waals surface area contributed by atoms with Crippen molar-refractivity contribution >= 4 is 5.91 Å². The maximum atomic E-state index is 12.1. The van der Waals surface area contributed by atoms with Crippen LogP contribution in [0.5, 0.6) is 0 Å². The van der Waals surface area contributed by atoms with Gasteiger partial charge in [0.15, 0.2) is 0 Å². The zero-order chi connectivity index (χ0) is 12.1. The van der Waals surface area contributed by atoms with Crippen LogP contribution in [0.2, 0.25) is 0 Å². The van der Waals surface area contributed by atoms with Gasteiger partial charge < -0.3 is 10.2 Å². The lowest BCUT2D eigenvalue weighted by Gasteiger charge is -2.34. The van der Waals surface area contributed by atoms with E-state index in [1.54, 1.807) is 6.20 Å². The molecule has 1 N–H and O–H groups in total. The lowest BCUT2D eigenvalue weighted by atomic mass is 10.1. The SMILES string of the molecule is C[C@@H]1CNCCN1C(=O)CCc1ccccn1. The summed E-state index contributed by atoms with van der Waals surface area (Å²) in [6.45, 7) is 4.71. The number of carbonyl (C=O) groups is 1. The molecule has 92 valence electrons. The molecule has 0 radical (unpaired) electrons. The fourth-order valence-corrected chi connectivity index (χ4v) is 2.14. The summed E-state index contributed by atoms with van der Waals surface area (Å²) in [6.07, 6.45) is 3.06. The lowest BCUT2D eigenvalue weighted by molar-refractivity contribution is -0.133. The highest BCUT2D eigenvalue weighted by Gasteiger charge is 2.22. The Balaban J connectivity index is 1.84. The Kier molecular flexibility index (Phi) is 4.09. The van der Waals surface area contributed by atoms with E-state index in [1.165, 1.54) is 0 Å². The number of carbonyl (C=O) groups excluding carboxylic acids is 1. The van der Waals surface area contributed by atoms with Crippen molar-refractivity contribution in [3.05, 3.63) is 30.1 Å². The third kappa shape index (κ3) is 3.27. The maximum Gasteiger partial charge on any atom is 0.223 e. The third-order valence-corrected chi connectivity index (χ3v) is 3.14. The van der Waals surface area contributed by atoms with Crippen molar-refractivity contribution in [3.63, 3.8) is 0 Å². The largest absolute Gasteiger partial charge is 0.337 e. The molecule has 4 heteroatoms. The molecule has 0 unspecified atom stereocenters. The molecule has 0 spiro atoms. The first-order valence-corrected chi connectivity index (χ1v) is 6.17. The molecule has 0 aliphatic carbocycles. The van der Waals surface area contributed by atoms with Gasteiger partial charge in [0, 0.05) is 44.0 Å². The van der Waals surface area contributed by atoms with Crippen LogP contribution < -0.4 is 5.32 Å². The fourth-order valence-electron chi connectivity index (χ4n) is 2.14. The van der Waals surface area contributed by atoms with E-state index in [4.69, 9.17) is 0 Å². The van der Waals surface area contributed by atoms with Crippen molar-refractivity contribution in [2.75, 3.05) is 19.6 Å². The molecule has 1 aliphatic rings. The molecule has 17 heavy (non-hydrogen) atoms. The number of nitrogens with zero attached hydrogens (tertiary/aromatic N) is 2. The zero-order valence-corrected chi connectivity index (χ0v) is 10.2. The summed E-state index contributed by atoms with van der Waals surface area (Å²) in [4.78, 5) is 18.3. The molecule has 1 atom stereocenters. The number of aromatic nitrogens is 1. The van der Waals surface area contributed by atoms with Crippen molar-refractivity contribution in [1.82, 2.24) is 15.2 Å². The molecular formula is C13H19N3O. The molecule has 2 heterocycles. The van der Waals surface area contributed by atoms with E-state index in [0.717, 1.165) is 31.7 Å². The topological polar surface area (TPSA) is 45.2 Å². The molecule has 2 rings (SSSR count). The summed E-state index contributed by atoms with van der Waals surface area (Å²) in [5.74, 6) is 0.240. The van der Waals surface area contributed by atoms with Crippen LogP contribution in [-0.2, 0) is 11.2 Å². The summed E-state index contributed by atoms with van der Waals surface area (Å²) >= 11 is 0. The minimum absolute atomic E-state index is 0.240. The number of hydrogen-bond donors (Lipinski definition) is 1. The maximum absolute atomic E-state index is 12.1. The van der Waals surface area contributed by atoms with Gasteiger partial charge in [-0.05, 0) is 25.5 Å². The Labute approximate surface area is 102 Å². The Morgan fingerprint density at radius 3 is 3.18 bits per heavy atom. The Morgan fingerprint density at radius 1 is 1.59 bits per heavy atom. The smallest absolute Gasteiger partial charge is 0.223 e. The molecule has 0 aromatic carbocycles. The van der Waals surface area contributed by atoms with Crippen LogP contribution in [0.4, 0.5) is 0 Å². The first-order valence-electron chi connectivity index (χ1n) is 6.17. The van der Waals surface area contributed by atoms with Crippen molar-refractivity contribution in [2.24, 2.45) is 0 Å². The average molecular weight is 233 g/mol. The second kappa shape index (κ2) is 5.77. The molecule has 0 bridgehead atoms. The molecule has 1 aromatic heterocycles. The Hall–Kier alpha value is -1.42. The molecule has 1 fully saturated rings. The van der Waals surface area contributed by atoms with Gasteiger partial charge in [0.25, 0.3) is 0 Å². The van der Waals surface area contributed by atoms with Gasteiger partial charge in [-0.1, -0.05) is 6.07 Å². The highest BCUT2D eigenvalue weighted by atomic mass is 16.2. The molecule has 1 saturated heterocycles. The van der Waals surface area contributed by atoms with Crippen LogP contribution in [0.1, 0.15) is 19.0 Å². The summed E-state index contributed by atoms with van der Waals surface area (Å²) < 4.78 is 0. The average Bonchev–Trinajstić information content (AvgIpc) is 2.38. The summed E-state index contributed by atoms with van der Waals surface area (Å²) in [7, 11) is 0. The Morgan fingerprint density at radius 2 is 2.47 bits per heavy atom. The van der Waals surface area contributed by atoms with Gasteiger partial charge in [-0.25, -0.2) is 0 Å². The predicted molar refractivity (Wildman–Crippen MR) is 66.6 cm³/mol. The van der Waals surface area contributed by atoms with Crippen molar-refractivity contribution < 1.29 is 4.79 Å². The van der Waals surface area contributed by atoms with Gasteiger partial charge in [0.1, 0.15) is 0 Å². The number of aryl methyl sites for hydroxylation is 1. The second-order valence-electron chi connectivity index (χ2n) is 4.46. The summed E-state index contributed by atoms with van der Waals surface area (Å²) in [6, 6.07) is 6.12. The van der Waals surface area contributed by atoms with Crippen molar-refractivity contribution in [2.45, 2.75) is 25.8 Å². The van der Waals surface area contributed by atoms with Crippen molar-refractivity contribution in [1.29, 1.82) is 0 Å². The standard InChI is InChI=1S/C13H19N3O/c1-11-10-14-8-9-16(11)13(17)6-5-12-4-2-3-7-15-12/h2-4,7,11,14H,5-6,8-10H2,1H3/t11-/m1/s1. The summed E-state index contributed by atoms with van der Waals surface area (Å²) in [5.41, 5.74) is 0.989. The van der Waals surface area contributed by atoms with E-state index >= 15 is 0 Å². The van der Waals surface area contributed by atoms with Crippen molar-refractivity contribution in [3.8, 4) is 0 Å². The van der Waals surface area contributed by atoms with Gasteiger partial charge in [-0.2, -0.15) is 0 Å². The van der Waals surface area contributed by atoms with Gasteiger partial charge in [-0.3, -0.25) is 9.78 Å². The fraction of sp³-hybridized carbons (Fsp3) is 0.538. The zero-order valence-electron chi connectivity index (χ0n) is 10.2. The van der Waals surface area contributed by atoms with E-state index in [9.17, 15) is 4.79 Å². The first kappa shape index (κ1) is 12.0. The number of piperazine rings is 1. The summed E-state index contributed by atoms with van der Waals surface area (Å²) in [5, 5.41) is 3.29. The number of hydrogen-bond acceptors (Lipinski definition) is 3. The monoisotopic (exact) mass is 233 g/mol. The quantitative estimate of drug-likeness (QED) is 0.841. The molecule has 1 aromatic rings. The van der Waals surface area contributed by atoms with Crippen LogP contribution in [-0.4, -0.2) is 41.5 Å². The second-order valence-corrected chi connectivity index (χ2v) is 4.46. The van der Waals surface area contributed by atoms with E-state index in [1.807, 2.05) is 23.1 Å². The van der Waals surface area contributed by atoms with E-state index < -0.39 is 0 Å². The molecular weight excluding hydrogens is 214 g/mol. The minimum atomic E-state index is 0.240. The van der Waals surface area contributed by atoms with E-state index in [2.05, 4.69) is 17.2 Å². The molecule has 4 nitrogen and oxygen atoms in total. The van der Waals surface area contributed by atoms with Gasteiger partial charge in [0.05, 0.1) is 0 Å². The molecule has 1 amide bonds. The number of pyridine rings is 1. The van der Waals surface area contributed by atoms with E-state index in [-0.39, 0.29) is 5.91 Å². The Bertz CT molecular complexity index is 366. The lowest BCUT2D eigenvalue weighted by Crippen LogP contribution is -2.52. The first-order chi connectivity index (χ1) is 8.27. The number of nitrogens with one attached hydrogen (secondary N) is 1. The number of amides is 1. The molecule has 0 saturated carbocycles. The third-order valence-electron chi connectivity index (χ3n) is 3.14. The van der Waals surface area contributed by atoms with Crippen LogP contribution in [0.25, 0.3) is 0 Å². The predicted octanol–water partition coefficient (Wildman–Crippen LogP) is 0.834. The van der Waals surface area contributed by atoms with Crippen LogP contribution in [0.15, 0.2) is 24.4 Å². The van der Waals surface area contributed by atoms with Gasteiger partial charge in [-0.15, -0.1) is 0 Å². The van der Waals surface area contributed by atoms with Crippen LogP contribution >= 0.6 is 0 Å². The van der Waals surface area contributed by atoms with Gasteiger partial charge >= 0.3 is 0 Å². The highest BCUT2D eigenvalue weighted by Crippen LogP contribution is 2.07. The van der Waals surface area contributed by atoms with E-state index in [0.29, 0.717) is 12.5 Å². The normalized spacial score (nSPS) is 20.3. The van der Waals surface area contributed by atoms with Crippen LogP contribution in [0.3, 0.4) is 0 Å².